The van der Waals surface area contributed by atoms with Crippen LogP contribution in [-0.2, 0) is 0 Å². The molecule has 102 valence electrons. The number of benzene rings is 1. The molecule has 0 radical (unpaired) electrons. The Bertz CT molecular complexity index is 581. The Labute approximate surface area is 121 Å². The van der Waals surface area contributed by atoms with Gasteiger partial charge in [-0.2, -0.15) is 0 Å². The van der Waals surface area contributed by atoms with Gasteiger partial charge in [0.15, 0.2) is 0 Å². The molecule has 0 amide bonds. The third-order valence-corrected chi connectivity index (χ3v) is 3.59. The maximum absolute atomic E-state index is 9.40. The molecule has 2 aromatic rings. The molecule has 2 rings (SSSR count). The van der Waals surface area contributed by atoms with Crippen molar-refractivity contribution in [2.45, 2.75) is 19.4 Å². The molecular formula is C14H18BrN3O. The van der Waals surface area contributed by atoms with Gasteiger partial charge in [-0.3, -0.25) is 4.98 Å². The summed E-state index contributed by atoms with van der Waals surface area (Å²) in [6.45, 7) is 2.53. The van der Waals surface area contributed by atoms with E-state index in [0.29, 0.717) is 12.1 Å². The van der Waals surface area contributed by atoms with Gasteiger partial charge in [-0.25, -0.2) is 0 Å². The van der Waals surface area contributed by atoms with Crippen LogP contribution in [0.1, 0.15) is 13.3 Å². The third kappa shape index (κ3) is 3.16. The number of aromatic nitrogens is 1. The Morgan fingerprint density at radius 2 is 2.21 bits per heavy atom. The highest BCUT2D eigenvalue weighted by atomic mass is 79.9. The fraction of sp³-hybridized carbons (Fsp3) is 0.357. The topological polar surface area (TPSA) is 62.4 Å². The molecule has 0 fully saturated rings. The highest BCUT2D eigenvalue weighted by molar-refractivity contribution is 9.10. The number of rotatable bonds is 4. The summed E-state index contributed by atoms with van der Waals surface area (Å²) in [5.74, 6) is 0. The first-order chi connectivity index (χ1) is 8.99. The summed E-state index contributed by atoms with van der Waals surface area (Å²) in [4.78, 5) is 6.41. The number of aliphatic hydroxyl groups is 1. The first kappa shape index (κ1) is 14.1. The second-order valence-electron chi connectivity index (χ2n) is 4.78. The van der Waals surface area contributed by atoms with E-state index in [2.05, 4.69) is 25.8 Å². The zero-order valence-corrected chi connectivity index (χ0v) is 12.7. The Hall–Kier alpha value is -1.33. The molecule has 0 aliphatic carbocycles. The maximum atomic E-state index is 9.40. The van der Waals surface area contributed by atoms with Crippen molar-refractivity contribution in [3.63, 3.8) is 0 Å². The third-order valence-electron chi connectivity index (χ3n) is 3.09. The van der Waals surface area contributed by atoms with Gasteiger partial charge >= 0.3 is 0 Å². The van der Waals surface area contributed by atoms with Crippen LogP contribution in [0.25, 0.3) is 10.9 Å². The standard InChI is InChI=1S/C14H18BrN3O/c1-9(19)5-6-18(2)14-11-7-10(15)3-4-13(11)17-8-12(14)16/h3-4,7-9,19H,5-6,16H2,1-2H3. The first-order valence-electron chi connectivity index (χ1n) is 6.22. The SMILES string of the molecule is CC(O)CCN(C)c1c(N)cnc2ccc(Br)cc12. The lowest BCUT2D eigenvalue weighted by atomic mass is 10.1. The van der Waals surface area contributed by atoms with E-state index in [0.717, 1.165) is 27.6 Å². The van der Waals surface area contributed by atoms with Crippen molar-refractivity contribution >= 4 is 38.2 Å². The molecule has 3 N–H and O–H groups in total. The number of pyridine rings is 1. The number of nitrogens with zero attached hydrogens (tertiary/aromatic N) is 2. The van der Waals surface area contributed by atoms with Gasteiger partial charge in [-0.15, -0.1) is 0 Å². The minimum absolute atomic E-state index is 0.316. The van der Waals surface area contributed by atoms with Crippen LogP contribution in [0.5, 0.6) is 0 Å². The number of hydrogen-bond donors (Lipinski definition) is 2. The average Bonchev–Trinajstić information content (AvgIpc) is 2.35. The summed E-state index contributed by atoms with van der Waals surface area (Å²) in [6, 6.07) is 5.95. The molecule has 1 heterocycles. The summed E-state index contributed by atoms with van der Waals surface area (Å²) in [6.07, 6.45) is 2.07. The molecule has 0 saturated carbocycles. The molecule has 0 saturated heterocycles. The Morgan fingerprint density at radius 3 is 2.89 bits per heavy atom. The lowest BCUT2D eigenvalue weighted by Crippen LogP contribution is -2.23. The van der Waals surface area contributed by atoms with Gasteiger partial charge in [0.25, 0.3) is 0 Å². The molecule has 1 aromatic heterocycles. The van der Waals surface area contributed by atoms with Crippen molar-refractivity contribution in [3.05, 3.63) is 28.9 Å². The zero-order valence-electron chi connectivity index (χ0n) is 11.1. The molecule has 1 atom stereocenters. The van der Waals surface area contributed by atoms with Crippen LogP contribution in [0.15, 0.2) is 28.9 Å². The number of halogens is 1. The van der Waals surface area contributed by atoms with Crippen LogP contribution in [0.4, 0.5) is 11.4 Å². The highest BCUT2D eigenvalue weighted by Gasteiger charge is 2.12. The minimum atomic E-state index is -0.316. The quantitative estimate of drug-likeness (QED) is 0.908. The largest absolute Gasteiger partial charge is 0.396 e. The Balaban J connectivity index is 2.45. The van der Waals surface area contributed by atoms with Crippen LogP contribution >= 0.6 is 15.9 Å². The van der Waals surface area contributed by atoms with Crippen molar-refractivity contribution in [3.8, 4) is 0 Å². The molecule has 0 spiro atoms. The number of aliphatic hydroxyl groups excluding tert-OH is 1. The monoisotopic (exact) mass is 323 g/mol. The van der Waals surface area contributed by atoms with Crippen molar-refractivity contribution in [1.82, 2.24) is 4.98 Å². The van der Waals surface area contributed by atoms with Crippen LogP contribution in [0, 0.1) is 0 Å². The highest BCUT2D eigenvalue weighted by Crippen LogP contribution is 2.32. The van der Waals surface area contributed by atoms with Crippen molar-refractivity contribution < 1.29 is 5.11 Å². The minimum Gasteiger partial charge on any atom is -0.396 e. The summed E-state index contributed by atoms with van der Waals surface area (Å²) in [7, 11) is 1.98. The molecule has 0 bridgehead atoms. The molecule has 0 aliphatic rings. The van der Waals surface area contributed by atoms with E-state index < -0.39 is 0 Å². The molecule has 1 aromatic carbocycles. The van der Waals surface area contributed by atoms with E-state index in [4.69, 9.17) is 5.73 Å². The smallest absolute Gasteiger partial charge is 0.0745 e. The predicted octanol–water partition coefficient (Wildman–Crippen LogP) is 2.79. The lowest BCUT2D eigenvalue weighted by molar-refractivity contribution is 0.187. The molecule has 19 heavy (non-hydrogen) atoms. The second-order valence-corrected chi connectivity index (χ2v) is 5.70. The Kier molecular flexibility index (Phi) is 4.27. The van der Waals surface area contributed by atoms with Crippen molar-refractivity contribution in [2.24, 2.45) is 0 Å². The average molecular weight is 324 g/mol. The number of nitrogens with two attached hydrogens (primary N) is 1. The molecule has 4 nitrogen and oxygen atoms in total. The summed E-state index contributed by atoms with van der Waals surface area (Å²) in [5.41, 5.74) is 8.59. The first-order valence-corrected chi connectivity index (χ1v) is 7.01. The number of nitrogen functional groups attached to an aromatic ring is 1. The fourth-order valence-corrected chi connectivity index (χ4v) is 2.45. The van der Waals surface area contributed by atoms with E-state index in [1.165, 1.54) is 0 Å². The van der Waals surface area contributed by atoms with E-state index >= 15 is 0 Å². The molecule has 1 unspecified atom stereocenters. The van der Waals surface area contributed by atoms with Crippen LogP contribution in [-0.4, -0.2) is 29.8 Å². The summed E-state index contributed by atoms with van der Waals surface area (Å²) >= 11 is 3.48. The Morgan fingerprint density at radius 1 is 1.47 bits per heavy atom. The second kappa shape index (κ2) is 5.75. The van der Waals surface area contributed by atoms with Gasteiger partial charge < -0.3 is 15.7 Å². The zero-order chi connectivity index (χ0) is 14.0. The van der Waals surface area contributed by atoms with Gasteiger partial charge in [-0.05, 0) is 31.5 Å². The van der Waals surface area contributed by atoms with Crippen molar-refractivity contribution in [2.75, 3.05) is 24.2 Å². The molecule has 5 heteroatoms. The van der Waals surface area contributed by atoms with Crippen molar-refractivity contribution in [1.29, 1.82) is 0 Å². The van der Waals surface area contributed by atoms with Gasteiger partial charge in [0.05, 0.1) is 29.2 Å². The number of hydrogen-bond acceptors (Lipinski definition) is 4. The van der Waals surface area contributed by atoms with Gasteiger partial charge in [0, 0.05) is 23.5 Å². The van der Waals surface area contributed by atoms with Crippen LogP contribution in [0.2, 0.25) is 0 Å². The number of anilines is 2. The summed E-state index contributed by atoms with van der Waals surface area (Å²) < 4.78 is 0.998. The van der Waals surface area contributed by atoms with E-state index in [1.54, 1.807) is 13.1 Å². The van der Waals surface area contributed by atoms with Gasteiger partial charge in [0.1, 0.15) is 0 Å². The van der Waals surface area contributed by atoms with Crippen LogP contribution < -0.4 is 10.6 Å². The number of fused-ring (bicyclic) bond motifs is 1. The summed E-state index contributed by atoms with van der Waals surface area (Å²) in [5, 5.41) is 10.4. The lowest BCUT2D eigenvalue weighted by Gasteiger charge is -2.23. The van der Waals surface area contributed by atoms with Gasteiger partial charge in [0.2, 0.25) is 0 Å². The normalized spacial score (nSPS) is 12.6. The fourth-order valence-electron chi connectivity index (χ4n) is 2.08. The molecule has 0 aliphatic heterocycles. The van der Waals surface area contributed by atoms with Gasteiger partial charge in [-0.1, -0.05) is 15.9 Å². The maximum Gasteiger partial charge on any atom is 0.0745 e. The molecular weight excluding hydrogens is 306 g/mol. The van der Waals surface area contributed by atoms with E-state index in [-0.39, 0.29) is 6.10 Å². The van der Waals surface area contributed by atoms with E-state index in [9.17, 15) is 5.11 Å². The van der Waals surface area contributed by atoms with Crippen LogP contribution in [0.3, 0.4) is 0 Å². The predicted molar refractivity (Wildman–Crippen MR) is 83.4 cm³/mol. The van der Waals surface area contributed by atoms with E-state index in [1.807, 2.05) is 25.2 Å².